The van der Waals surface area contributed by atoms with Crippen LogP contribution < -0.4 is 11.3 Å². The van der Waals surface area contributed by atoms with Gasteiger partial charge in [0.2, 0.25) is 0 Å². The molecule has 1 unspecified atom stereocenters. The Hall–Kier alpha value is -1.16. The standard InChI is InChI=1S/C15H17BrN2/c1-11-4-2-3-5-13(11)10-15(18-17)12-6-8-14(16)9-7-12/h2-9,15,18H,10,17H2,1H3. The van der Waals surface area contributed by atoms with Crippen molar-refractivity contribution in [2.24, 2.45) is 5.84 Å². The molecule has 0 aromatic heterocycles. The minimum absolute atomic E-state index is 0.138. The Labute approximate surface area is 116 Å². The largest absolute Gasteiger partial charge is 0.271 e. The van der Waals surface area contributed by atoms with Crippen molar-refractivity contribution in [2.45, 2.75) is 19.4 Å². The van der Waals surface area contributed by atoms with Crippen LogP contribution in [0.2, 0.25) is 0 Å². The van der Waals surface area contributed by atoms with Crippen LogP contribution in [0.1, 0.15) is 22.7 Å². The number of aryl methyl sites for hydroxylation is 1. The van der Waals surface area contributed by atoms with E-state index in [4.69, 9.17) is 5.84 Å². The third-order valence-electron chi connectivity index (χ3n) is 3.16. The van der Waals surface area contributed by atoms with Crippen molar-refractivity contribution in [3.8, 4) is 0 Å². The lowest BCUT2D eigenvalue weighted by Gasteiger charge is -2.17. The van der Waals surface area contributed by atoms with Gasteiger partial charge in [-0.05, 0) is 42.2 Å². The molecule has 0 bridgehead atoms. The second-order valence-electron chi connectivity index (χ2n) is 4.40. The number of nitrogens with two attached hydrogens (primary N) is 1. The number of nitrogens with one attached hydrogen (secondary N) is 1. The van der Waals surface area contributed by atoms with Gasteiger partial charge in [0.1, 0.15) is 0 Å². The molecule has 3 heteroatoms. The van der Waals surface area contributed by atoms with E-state index in [2.05, 4.69) is 64.7 Å². The fourth-order valence-corrected chi connectivity index (χ4v) is 2.29. The van der Waals surface area contributed by atoms with Crippen LogP contribution in [0, 0.1) is 6.92 Å². The summed E-state index contributed by atoms with van der Waals surface area (Å²) in [5.74, 6) is 5.68. The van der Waals surface area contributed by atoms with Gasteiger partial charge < -0.3 is 0 Å². The predicted octanol–water partition coefficient (Wildman–Crippen LogP) is 3.50. The summed E-state index contributed by atoms with van der Waals surface area (Å²) in [6.07, 6.45) is 0.894. The fraction of sp³-hybridized carbons (Fsp3) is 0.200. The summed E-state index contributed by atoms with van der Waals surface area (Å²) in [7, 11) is 0. The van der Waals surface area contributed by atoms with Gasteiger partial charge in [0, 0.05) is 10.5 Å². The first-order valence-electron chi connectivity index (χ1n) is 5.97. The fourth-order valence-electron chi connectivity index (χ4n) is 2.03. The Morgan fingerprint density at radius 1 is 1.11 bits per heavy atom. The Kier molecular flexibility index (Phi) is 4.53. The first-order valence-corrected chi connectivity index (χ1v) is 6.76. The van der Waals surface area contributed by atoms with Gasteiger partial charge in [-0.1, -0.05) is 52.3 Å². The lowest BCUT2D eigenvalue weighted by atomic mass is 9.97. The lowest BCUT2D eigenvalue weighted by molar-refractivity contribution is 0.551. The molecule has 2 rings (SSSR count). The zero-order chi connectivity index (χ0) is 13.0. The quantitative estimate of drug-likeness (QED) is 0.670. The maximum Gasteiger partial charge on any atom is 0.0500 e. The van der Waals surface area contributed by atoms with E-state index in [9.17, 15) is 0 Å². The van der Waals surface area contributed by atoms with Crippen molar-refractivity contribution in [3.63, 3.8) is 0 Å². The third kappa shape index (κ3) is 3.19. The Balaban J connectivity index is 2.20. The van der Waals surface area contributed by atoms with Crippen LogP contribution in [0.25, 0.3) is 0 Å². The first-order chi connectivity index (χ1) is 8.70. The number of hydrogen-bond acceptors (Lipinski definition) is 2. The summed E-state index contributed by atoms with van der Waals surface area (Å²) >= 11 is 3.44. The van der Waals surface area contributed by atoms with Gasteiger partial charge in [0.25, 0.3) is 0 Å². The van der Waals surface area contributed by atoms with Gasteiger partial charge in [-0.2, -0.15) is 0 Å². The van der Waals surface area contributed by atoms with Gasteiger partial charge in [-0.3, -0.25) is 11.3 Å². The second kappa shape index (κ2) is 6.14. The molecule has 0 fully saturated rings. The predicted molar refractivity (Wildman–Crippen MR) is 79.1 cm³/mol. The van der Waals surface area contributed by atoms with Gasteiger partial charge in [0.15, 0.2) is 0 Å². The first kappa shape index (κ1) is 13.3. The van der Waals surface area contributed by atoms with Gasteiger partial charge in [-0.25, -0.2) is 0 Å². The van der Waals surface area contributed by atoms with Crippen molar-refractivity contribution in [3.05, 3.63) is 69.7 Å². The third-order valence-corrected chi connectivity index (χ3v) is 3.69. The van der Waals surface area contributed by atoms with E-state index in [1.807, 2.05) is 12.1 Å². The average molecular weight is 305 g/mol. The van der Waals surface area contributed by atoms with Crippen LogP contribution in [0.15, 0.2) is 53.0 Å². The number of hydrogen-bond donors (Lipinski definition) is 2. The van der Waals surface area contributed by atoms with E-state index in [-0.39, 0.29) is 6.04 Å². The van der Waals surface area contributed by atoms with Crippen LogP contribution in [0.5, 0.6) is 0 Å². The molecule has 18 heavy (non-hydrogen) atoms. The molecule has 0 heterocycles. The van der Waals surface area contributed by atoms with Crippen LogP contribution >= 0.6 is 15.9 Å². The minimum Gasteiger partial charge on any atom is -0.271 e. The monoisotopic (exact) mass is 304 g/mol. The van der Waals surface area contributed by atoms with E-state index in [0.717, 1.165) is 10.9 Å². The van der Waals surface area contributed by atoms with E-state index in [1.54, 1.807) is 0 Å². The molecule has 2 nitrogen and oxygen atoms in total. The van der Waals surface area contributed by atoms with Crippen molar-refractivity contribution in [1.82, 2.24) is 5.43 Å². The van der Waals surface area contributed by atoms with Crippen molar-refractivity contribution in [2.75, 3.05) is 0 Å². The molecule has 0 saturated carbocycles. The number of rotatable bonds is 4. The van der Waals surface area contributed by atoms with Gasteiger partial charge >= 0.3 is 0 Å². The molecule has 0 radical (unpaired) electrons. The summed E-state index contributed by atoms with van der Waals surface area (Å²) in [4.78, 5) is 0. The summed E-state index contributed by atoms with van der Waals surface area (Å²) in [5.41, 5.74) is 6.72. The van der Waals surface area contributed by atoms with Gasteiger partial charge in [0.05, 0.1) is 0 Å². The van der Waals surface area contributed by atoms with E-state index in [1.165, 1.54) is 16.7 Å². The van der Waals surface area contributed by atoms with E-state index < -0.39 is 0 Å². The molecule has 0 amide bonds. The average Bonchev–Trinajstić information content (AvgIpc) is 2.39. The smallest absolute Gasteiger partial charge is 0.0500 e. The maximum atomic E-state index is 5.68. The highest BCUT2D eigenvalue weighted by molar-refractivity contribution is 9.10. The van der Waals surface area contributed by atoms with Gasteiger partial charge in [-0.15, -0.1) is 0 Å². The zero-order valence-electron chi connectivity index (χ0n) is 10.4. The van der Waals surface area contributed by atoms with E-state index in [0.29, 0.717) is 0 Å². The van der Waals surface area contributed by atoms with Crippen molar-refractivity contribution >= 4 is 15.9 Å². The number of halogens is 1. The SMILES string of the molecule is Cc1ccccc1CC(NN)c1ccc(Br)cc1. The highest BCUT2D eigenvalue weighted by Crippen LogP contribution is 2.21. The maximum absolute atomic E-state index is 5.68. The molecule has 0 saturated heterocycles. The highest BCUT2D eigenvalue weighted by Gasteiger charge is 2.11. The highest BCUT2D eigenvalue weighted by atomic mass is 79.9. The molecular formula is C15H17BrN2. The Bertz CT molecular complexity index is 508. The summed E-state index contributed by atoms with van der Waals surface area (Å²) < 4.78 is 1.08. The molecule has 0 aliphatic rings. The van der Waals surface area contributed by atoms with Crippen LogP contribution in [-0.4, -0.2) is 0 Å². The number of hydrazine groups is 1. The minimum atomic E-state index is 0.138. The number of benzene rings is 2. The van der Waals surface area contributed by atoms with Crippen molar-refractivity contribution < 1.29 is 0 Å². The summed E-state index contributed by atoms with van der Waals surface area (Å²) in [6, 6.07) is 16.8. The molecule has 0 aliphatic heterocycles. The molecular weight excluding hydrogens is 288 g/mol. The molecule has 1 atom stereocenters. The van der Waals surface area contributed by atoms with Crippen LogP contribution in [-0.2, 0) is 6.42 Å². The Morgan fingerprint density at radius 2 is 1.78 bits per heavy atom. The van der Waals surface area contributed by atoms with Crippen molar-refractivity contribution in [1.29, 1.82) is 0 Å². The normalized spacial score (nSPS) is 12.4. The van der Waals surface area contributed by atoms with Crippen LogP contribution in [0.3, 0.4) is 0 Å². The molecule has 2 aromatic rings. The topological polar surface area (TPSA) is 38.0 Å². The van der Waals surface area contributed by atoms with Crippen LogP contribution in [0.4, 0.5) is 0 Å². The Morgan fingerprint density at radius 3 is 2.39 bits per heavy atom. The molecule has 2 aromatic carbocycles. The lowest BCUT2D eigenvalue weighted by Crippen LogP contribution is -2.29. The molecule has 0 aliphatic carbocycles. The second-order valence-corrected chi connectivity index (χ2v) is 5.32. The molecule has 0 spiro atoms. The summed E-state index contributed by atoms with van der Waals surface area (Å²) in [5, 5.41) is 0. The molecule has 3 N–H and O–H groups in total. The summed E-state index contributed by atoms with van der Waals surface area (Å²) in [6.45, 7) is 2.13. The zero-order valence-corrected chi connectivity index (χ0v) is 11.9. The van der Waals surface area contributed by atoms with E-state index >= 15 is 0 Å². The molecule has 94 valence electrons.